The van der Waals surface area contributed by atoms with Gasteiger partial charge in [0.25, 0.3) is 0 Å². The van der Waals surface area contributed by atoms with E-state index in [9.17, 15) is 17.6 Å². The van der Waals surface area contributed by atoms with Crippen molar-refractivity contribution in [2.24, 2.45) is 0 Å². The van der Waals surface area contributed by atoms with Crippen LogP contribution in [0.3, 0.4) is 0 Å². The van der Waals surface area contributed by atoms with Crippen molar-refractivity contribution in [2.45, 2.75) is 11.8 Å². The van der Waals surface area contributed by atoms with Gasteiger partial charge in [-0.25, -0.2) is 12.8 Å². The van der Waals surface area contributed by atoms with Crippen molar-refractivity contribution in [3.63, 3.8) is 0 Å². The number of hydrogen-bond donors (Lipinski definition) is 1. The summed E-state index contributed by atoms with van der Waals surface area (Å²) in [6, 6.07) is 3.35. The molecule has 0 unspecified atom stereocenters. The fourth-order valence-corrected chi connectivity index (χ4v) is 3.13. The molecule has 0 bridgehead atoms. The summed E-state index contributed by atoms with van der Waals surface area (Å²) in [5, 5.41) is 8.73. The second-order valence-corrected chi connectivity index (χ2v) is 5.80. The number of benzene rings is 1. The summed E-state index contributed by atoms with van der Waals surface area (Å²) < 4.78 is 38.5. The molecule has 1 N–H and O–H groups in total. The van der Waals surface area contributed by atoms with Crippen molar-refractivity contribution in [3.05, 3.63) is 42.2 Å². The van der Waals surface area contributed by atoms with E-state index in [0.717, 1.165) is 16.4 Å². The number of carbonyl (C=O) groups is 1. The molecule has 0 amide bonds. The van der Waals surface area contributed by atoms with Crippen molar-refractivity contribution >= 4 is 16.0 Å². The van der Waals surface area contributed by atoms with Crippen molar-refractivity contribution < 1.29 is 22.7 Å². The zero-order valence-electron chi connectivity index (χ0n) is 10.3. The van der Waals surface area contributed by atoms with Crippen LogP contribution in [0.5, 0.6) is 0 Å². The van der Waals surface area contributed by atoms with Gasteiger partial charge in [-0.2, -0.15) is 4.31 Å². The number of sulfonamides is 1. The highest BCUT2D eigenvalue weighted by Crippen LogP contribution is 2.20. The third-order valence-electron chi connectivity index (χ3n) is 2.41. The second-order valence-electron chi connectivity index (χ2n) is 3.89. The van der Waals surface area contributed by atoms with Crippen LogP contribution in [0.4, 0.5) is 4.39 Å². The maximum atomic E-state index is 13.2. The van der Waals surface area contributed by atoms with Crippen molar-refractivity contribution in [1.29, 1.82) is 0 Å². The van der Waals surface area contributed by atoms with Crippen molar-refractivity contribution in [2.75, 3.05) is 13.1 Å². The van der Waals surface area contributed by atoms with E-state index in [-0.39, 0.29) is 11.4 Å². The van der Waals surface area contributed by atoms with Crippen LogP contribution >= 0.6 is 0 Å². The summed E-state index contributed by atoms with van der Waals surface area (Å²) >= 11 is 0. The Morgan fingerprint density at radius 1 is 1.53 bits per heavy atom. The van der Waals surface area contributed by atoms with Gasteiger partial charge < -0.3 is 5.11 Å². The van der Waals surface area contributed by atoms with Crippen LogP contribution in [-0.4, -0.2) is 36.9 Å². The molecule has 1 aromatic rings. The van der Waals surface area contributed by atoms with Gasteiger partial charge in [0.1, 0.15) is 12.4 Å². The fraction of sp³-hybridized carbons (Fsp3) is 0.250. The van der Waals surface area contributed by atoms with Crippen LogP contribution in [-0.2, 0) is 14.8 Å². The fourth-order valence-electron chi connectivity index (χ4n) is 1.53. The first-order valence-corrected chi connectivity index (χ1v) is 6.82. The van der Waals surface area contributed by atoms with Crippen LogP contribution in [0.25, 0.3) is 0 Å². The lowest BCUT2D eigenvalue weighted by Crippen LogP contribution is -2.36. The molecule has 0 atom stereocenters. The second kappa shape index (κ2) is 5.94. The zero-order valence-corrected chi connectivity index (χ0v) is 11.2. The number of aliphatic carboxylic acids is 1. The Balaban J connectivity index is 3.29. The van der Waals surface area contributed by atoms with Crippen LogP contribution in [0, 0.1) is 12.7 Å². The third kappa shape index (κ3) is 3.62. The minimum absolute atomic E-state index is 0.162. The molecule has 0 heterocycles. The first-order valence-electron chi connectivity index (χ1n) is 5.38. The molecule has 0 aliphatic rings. The van der Waals surface area contributed by atoms with Gasteiger partial charge >= 0.3 is 5.97 Å². The Hall–Kier alpha value is -1.73. The molecule has 104 valence electrons. The summed E-state index contributed by atoms with van der Waals surface area (Å²) in [7, 11) is -4.07. The predicted molar refractivity (Wildman–Crippen MR) is 67.7 cm³/mol. The minimum Gasteiger partial charge on any atom is -0.480 e. The van der Waals surface area contributed by atoms with E-state index < -0.39 is 28.4 Å². The van der Waals surface area contributed by atoms with Gasteiger partial charge in [0.2, 0.25) is 10.0 Å². The predicted octanol–water partition coefficient (Wildman–Crippen LogP) is 1.40. The normalized spacial score (nSPS) is 11.5. The lowest BCUT2D eigenvalue weighted by atomic mass is 10.2. The highest BCUT2D eigenvalue weighted by molar-refractivity contribution is 7.89. The summed E-state index contributed by atoms with van der Waals surface area (Å²) in [5.74, 6) is -1.99. The SMILES string of the molecule is C=CCN(CC(=O)O)S(=O)(=O)c1cc(F)ccc1C. The van der Waals surface area contributed by atoms with Crippen molar-refractivity contribution in [3.8, 4) is 0 Å². The van der Waals surface area contributed by atoms with E-state index >= 15 is 0 Å². The first-order chi connectivity index (χ1) is 8.78. The Morgan fingerprint density at radius 3 is 2.68 bits per heavy atom. The monoisotopic (exact) mass is 287 g/mol. The molecule has 0 aliphatic carbocycles. The van der Waals surface area contributed by atoms with Crippen molar-refractivity contribution in [1.82, 2.24) is 4.31 Å². The molecule has 0 saturated carbocycles. The van der Waals surface area contributed by atoms with Gasteiger partial charge in [0.05, 0.1) is 4.90 Å². The minimum atomic E-state index is -4.07. The Labute approximate surface area is 111 Å². The van der Waals surface area contributed by atoms with Crippen LogP contribution < -0.4 is 0 Å². The number of aryl methyl sites for hydroxylation is 1. The van der Waals surface area contributed by atoms with E-state index in [4.69, 9.17) is 5.11 Å². The van der Waals surface area contributed by atoms with E-state index in [2.05, 4.69) is 6.58 Å². The van der Waals surface area contributed by atoms with Gasteiger partial charge in [-0.3, -0.25) is 4.79 Å². The molecule has 1 rings (SSSR count). The van der Waals surface area contributed by atoms with Gasteiger partial charge in [-0.15, -0.1) is 6.58 Å². The molecule has 0 spiro atoms. The average molecular weight is 287 g/mol. The lowest BCUT2D eigenvalue weighted by molar-refractivity contribution is -0.137. The smallest absolute Gasteiger partial charge is 0.318 e. The molecule has 1 aromatic carbocycles. The molecule has 7 heteroatoms. The Kier molecular flexibility index (Phi) is 4.79. The van der Waals surface area contributed by atoms with Gasteiger partial charge in [0, 0.05) is 6.54 Å². The Morgan fingerprint density at radius 2 is 2.16 bits per heavy atom. The number of rotatable bonds is 6. The van der Waals surface area contributed by atoms with E-state index in [1.165, 1.54) is 19.1 Å². The standard InChI is InChI=1S/C12H14FNO4S/c1-3-6-14(8-12(15)16)19(17,18)11-7-10(13)5-4-9(11)2/h3-5,7H,1,6,8H2,2H3,(H,15,16). The molecule has 5 nitrogen and oxygen atoms in total. The average Bonchev–Trinajstić information content (AvgIpc) is 2.31. The number of halogens is 1. The molecule has 0 radical (unpaired) electrons. The Bertz CT molecular complexity index is 598. The molecule has 0 aromatic heterocycles. The number of carboxylic acid groups (broad SMARTS) is 1. The summed E-state index contributed by atoms with van der Waals surface area (Å²) in [6.07, 6.45) is 1.27. The zero-order chi connectivity index (χ0) is 14.6. The summed E-state index contributed by atoms with van der Waals surface area (Å²) in [6.45, 7) is 4.03. The molecule has 0 fully saturated rings. The summed E-state index contributed by atoms with van der Waals surface area (Å²) in [5.41, 5.74) is 0.348. The molecule has 0 aliphatic heterocycles. The van der Waals surface area contributed by atoms with E-state index in [1.807, 2.05) is 0 Å². The van der Waals surface area contributed by atoms with Crippen LogP contribution in [0.1, 0.15) is 5.56 Å². The van der Waals surface area contributed by atoms with Gasteiger partial charge in [-0.05, 0) is 24.6 Å². The molecule has 19 heavy (non-hydrogen) atoms. The lowest BCUT2D eigenvalue weighted by Gasteiger charge is -2.19. The van der Waals surface area contributed by atoms with Gasteiger partial charge in [-0.1, -0.05) is 12.1 Å². The first kappa shape index (κ1) is 15.3. The van der Waals surface area contributed by atoms with E-state index in [0.29, 0.717) is 5.56 Å². The quantitative estimate of drug-likeness (QED) is 0.802. The maximum absolute atomic E-state index is 13.2. The number of hydrogen-bond acceptors (Lipinski definition) is 3. The van der Waals surface area contributed by atoms with Crippen LogP contribution in [0.2, 0.25) is 0 Å². The van der Waals surface area contributed by atoms with E-state index in [1.54, 1.807) is 0 Å². The molecular weight excluding hydrogens is 273 g/mol. The highest BCUT2D eigenvalue weighted by atomic mass is 32.2. The topological polar surface area (TPSA) is 74.7 Å². The third-order valence-corrected chi connectivity index (χ3v) is 4.37. The van der Waals surface area contributed by atoms with Gasteiger partial charge in [0.15, 0.2) is 0 Å². The number of nitrogens with zero attached hydrogens (tertiary/aromatic N) is 1. The summed E-state index contributed by atoms with van der Waals surface area (Å²) in [4.78, 5) is 10.5. The molecular formula is C12H14FNO4S. The largest absolute Gasteiger partial charge is 0.480 e. The maximum Gasteiger partial charge on any atom is 0.318 e. The molecule has 0 saturated heterocycles. The van der Waals surface area contributed by atoms with Crippen LogP contribution in [0.15, 0.2) is 35.7 Å². The number of carboxylic acids is 1. The highest BCUT2D eigenvalue weighted by Gasteiger charge is 2.27.